The van der Waals surface area contributed by atoms with Gasteiger partial charge in [0.1, 0.15) is 12.6 Å². The van der Waals surface area contributed by atoms with Crippen LogP contribution in [0.15, 0.2) is 12.1 Å². The summed E-state index contributed by atoms with van der Waals surface area (Å²) < 4.78 is 21.2. The molecule has 0 aliphatic carbocycles. The van der Waals surface area contributed by atoms with Crippen LogP contribution in [0.4, 0.5) is 0 Å². The van der Waals surface area contributed by atoms with E-state index in [2.05, 4.69) is 12.2 Å². The predicted octanol–water partition coefficient (Wildman–Crippen LogP) is 0.811. The molecule has 108 valence electrons. The largest absolute Gasteiger partial charge is 0.493 e. The van der Waals surface area contributed by atoms with Gasteiger partial charge in [-0.15, -0.1) is 0 Å². The summed E-state index contributed by atoms with van der Waals surface area (Å²) in [7, 11) is 6.58. The molecule has 5 nitrogen and oxygen atoms in total. The molecular weight excluding hydrogens is 246 g/mol. The Bertz CT molecular complexity index is 395. The summed E-state index contributed by atoms with van der Waals surface area (Å²) in [6, 6.07) is 4.28. The van der Waals surface area contributed by atoms with E-state index in [1.165, 1.54) is 0 Å². The first-order valence-electron chi connectivity index (χ1n) is 6.28. The highest BCUT2D eigenvalue weighted by molar-refractivity contribution is 5.55. The van der Waals surface area contributed by atoms with Gasteiger partial charge in [-0.3, -0.25) is 0 Å². The molecule has 0 saturated heterocycles. The van der Waals surface area contributed by atoms with Gasteiger partial charge in [-0.05, 0) is 19.1 Å². The van der Waals surface area contributed by atoms with Crippen LogP contribution in [0.5, 0.6) is 17.2 Å². The van der Waals surface area contributed by atoms with Gasteiger partial charge in [0.05, 0.1) is 33.5 Å². The minimum atomic E-state index is 0.391. The maximum Gasteiger partial charge on any atom is 0.203 e. The number of benzene rings is 1. The van der Waals surface area contributed by atoms with Gasteiger partial charge in [0.15, 0.2) is 11.5 Å². The Balaban J connectivity index is 2.89. The molecular formula is C14H24NO4+. The molecule has 19 heavy (non-hydrogen) atoms. The van der Waals surface area contributed by atoms with Crippen LogP contribution < -0.4 is 19.5 Å². The van der Waals surface area contributed by atoms with Crippen molar-refractivity contribution < 1.29 is 24.3 Å². The van der Waals surface area contributed by atoms with Crippen molar-refractivity contribution in [3.05, 3.63) is 17.7 Å². The molecule has 0 spiro atoms. The zero-order chi connectivity index (χ0) is 14.3. The van der Waals surface area contributed by atoms with Gasteiger partial charge in [0.25, 0.3) is 0 Å². The maximum absolute atomic E-state index is 5.45. The molecule has 0 bridgehead atoms. The Morgan fingerprint density at radius 2 is 1.68 bits per heavy atom. The summed E-state index contributed by atoms with van der Waals surface area (Å²) >= 11 is 0. The van der Waals surface area contributed by atoms with Crippen molar-refractivity contribution in [2.24, 2.45) is 0 Å². The fraction of sp³-hybridized carbons (Fsp3) is 0.571. The summed E-state index contributed by atoms with van der Waals surface area (Å²) in [5, 5.41) is 2.20. The zero-order valence-corrected chi connectivity index (χ0v) is 12.4. The van der Waals surface area contributed by atoms with E-state index >= 15 is 0 Å². The Morgan fingerprint density at radius 3 is 2.21 bits per heavy atom. The molecule has 0 fully saturated rings. The number of rotatable bonds is 8. The van der Waals surface area contributed by atoms with Crippen molar-refractivity contribution >= 4 is 0 Å². The third-order valence-corrected chi connectivity index (χ3v) is 2.96. The molecule has 0 amide bonds. The van der Waals surface area contributed by atoms with E-state index in [-0.39, 0.29) is 0 Å². The number of hydrogen-bond donors (Lipinski definition) is 1. The molecule has 1 aromatic rings. The van der Waals surface area contributed by atoms with E-state index in [1.54, 1.807) is 28.4 Å². The average molecular weight is 270 g/mol. The molecule has 2 N–H and O–H groups in total. The molecule has 0 unspecified atom stereocenters. The van der Waals surface area contributed by atoms with Gasteiger partial charge in [0, 0.05) is 7.11 Å². The van der Waals surface area contributed by atoms with Crippen LogP contribution >= 0.6 is 0 Å². The van der Waals surface area contributed by atoms with Crippen LogP contribution in [-0.4, -0.2) is 41.1 Å². The summed E-state index contributed by atoms with van der Waals surface area (Å²) in [6.45, 7) is 3.64. The lowest BCUT2D eigenvalue weighted by molar-refractivity contribution is -0.702. The van der Waals surface area contributed by atoms with E-state index in [9.17, 15) is 0 Å². The van der Waals surface area contributed by atoms with Crippen molar-refractivity contribution in [1.29, 1.82) is 0 Å². The standard InChI is InChI=1S/C14H23NO4/c1-10(9-16-2)15-8-11-6-7-12(17-3)14(19-5)13(11)18-4/h6-7,10,15H,8-9H2,1-5H3/p+1/t10-/m0/s1. The summed E-state index contributed by atoms with van der Waals surface area (Å²) in [5.74, 6) is 2.03. The van der Waals surface area contributed by atoms with Crippen molar-refractivity contribution in [2.75, 3.05) is 35.0 Å². The van der Waals surface area contributed by atoms with Crippen molar-refractivity contribution in [1.82, 2.24) is 0 Å². The Labute approximate surface area is 114 Å². The minimum Gasteiger partial charge on any atom is -0.493 e. The lowest BCUT2D eigenvalue weighted by Gasteiger charge is -2.16. The first-order chi connectivity index (χ1) is 9.17. The second-order valence-corrected chi connectivity index (χ2v) is 4.37. The quantitative estimate of drug-likeness (QED) is 0.759. The number of methoxy groups -OCH3 is 4. The van der Waals surface area contributed by atoms with Crippen molar-refractivity contribution in [3.63, 3.8) is 0 Å². The maximum atomic E-state index is 5.45. The number of nitrogens with two attached hydrogens (primary N) is 1. The first kappa shape index (κ1) is 15.6. The molecule has 0 aromatic heterocycles. The van der Waals surface area contributed by atoms with E-state index in [0.717, 1.165) is 24.5 Å². The van der Waals surface area contributed by atoms with Gasteiger partial charge < -0.3 is 24.3 Å². The smallest absolute Gasteiger partial charge is 0.203 e. The molecule has 0 aliphatic rings. The highest BCUT2D eigenvalue weighted by Crippen LogP contribution is 2.39. The molecule has 1 atom stereocenters. The zero-order valence-electron chi connectivity index (χ0n) is 12.4. The monoisotopic (exact) mass is 270 g/mol. The molecule has 5 heteroatoms. The summed E-state index contributed by atoms with van der Waals surface area (Å²) in [6.07, 6.45) is 0. The molecule has 1 aromatic carbocycles. The van der Waals surface area contributed by atoms with Gasteiger partial charge in [-0.2, -0.15) is 0 Å². The predicted molar refractivity (Wildman–Crippen MR) is 73.1 cm³/mol. The number of quaternary nitrogens is 1. The van der Waals surface area contributed by atoms with Crippen LogP contribution in [0.2, 0.25) is 0 Å². The lowest BCUT2D eigenvalue weighted by Crippen LogP contribution is -2.88. The summed E-state index contributed by atoms with van der Waals surface area (Å²) in [4.78, 5) is 0. The van der Waals surface area contributed by atoms with Crippen molar-refractivity contribution in [2.45, 2.75) is 19.5 Å². The third kappa shape index (κ3) is 4.01. The molecule has 0 saturated carbocycles. The fourth-order valence-corrected chi connectivity index (χ4v) is 1.98. The van der Waals surface area contributed by atoms with Crippen LogP contribution in [0.25, 0.3) is 0 Å². The third-order valence-electron chi connectivity index (χ3n) is 2.96. The summed E-state index contributed by atoms with van der Waals surface area (Å²) in [5.41, 5.74) is 1.07. The van der Waals surface area contributed by atoms with Gasteiger partial charge >= 0.3 is 0 Å². The van der Waals surface area contributed by atoms with Crippen LogP contribution in [0.3, 0.4) is 0 Å². The topological polar surface area (TPSA) is 53.5 Å². The molecule has 0 radical (unpaired) electrons. The fourth-order valence-electron chi connectivity index (χ4n) is 1.98. The molecule has 0 heterocycles. The van der Waals surface area contributed by atoms with Gasteiger partial charge in [-0.25, -0.2) is 0 Å². The second kappa shape index (κ2) is 7.86. The minimum absolute atomic E-state index is 0.391. The van der Waals surface area contributed by atoms with Crippen LogP contribution in [-0.2, 0) is 11.3 Å². The van der Waals surface area contributed by atoms with E-state index < -0.39 is 0 Å². The normalized spacial score (nSPS) is 12.1. The van der Waals surface area contributed by atoms with Gasteiger partial charge in [0.2, 0.25) is 5.75 Å². The van der Waals surface area contributed by atoms with Crippen molar-refractivity contribution in [3.8, 4) is 17.2 Å². The highest BCUT2D eigenvalue weighted by atomic mass is 16.5. The Morgan fingerprint density at radius 1 is 1.00 bits per heavy atom. The first-order valence-corrected chi connectivity index (χ1v) is 6.28. The Kier molecular flexibility index (Phi) is 6.45. The van der Waals surface area contributed by atoms with E-state index in [1.807, 2.05) is 12.1 Å². The average Bonchev–Trinajstić information content (AvgIpc) is 2.43. The SMILES string of the molecule is COC[C@H](C)[NH2+]Cc1ccc(OC)c(OC)c1OC. The number of hydrogen-bond acceptors (Lipinski definition) is 4. The van der Waals surface area contributed by atoms with Crippen LogP contribution in [0.1, 0.15) is 12.5 Å². The lowest BCUT2D eigenvalue weighted by atomic mass is 10.1. The Hall–Kier alpha value is -1.46. The number of ether oxygens (including phenoxy) is 4. The van der Waals surface area contributed by atoms with E-state index in [4.69, 9.17) is 18.9 Å². The van der Waals surface area contributed by atoms with Crippen LogP contribution in [0, 0.1) is 0 Å². The molecule has 1 rings (SSSR count). The van der Waals surface area contributed by atoms with E-state index in [0.29, 0.717) is 17.5 Å². The highest BCUT2D eigenvalue weighted by Gasteiger charge is 2.17. The second-order valence-electron chi connectivity index (χ2n) is 4.37. The molecule has 0 aliphatic heterocycles. The van der Waals surface area contributed by atoms with Gasteiger partial charge in [-0.1, -0.05) is 0 Å².